The largest absolute Gasteiger partial charge is 0.423 e. The van der Waals surface area contributed by atoms with Crippen LogP contribution in [0.4, 0.5) is 0 Å². The lowest BCUT2D eigenvalue weighted by Crippen LogP contribution is -2.01. The van der Waals surface area contributed by atoms with E-state index in [0.717, 1.165) is 38.3 Å². The van der Waals surface area contributed by atoms with E-state index in [9.17, 15) is 4.79 Å². The fraction of sp³-hybridized carbons (Fsp3) is 0.150. The third-order valence-corrected chi connectivity index (χ3v) is 5.60. The predicted octanol–water partition coefficient (Wildman–Crippen LogP) is 5.30. The van der Waals surface area contributed by atoms with E-state index in [1.807, 2.05) is 44.2 Å². The number of aromatic nitrogens is 2. The Hall–Kier alpha value is -2.37. The number of benzene rings is 2. The summed E-state index contributed by atoms with van der Waals surface area (Å²) in [6.07, 6.45) is 0. The third kappa shape index (κ3) is 3.20. The summed E-state index contributed by atoms with van der Waals surface area (Å²) in [5.74, 6) is 1.31. The average Bonchev–Trinajstić information content (AvgIpc) is 2.60. The average molecular weight is 383 g/mol. The van der Waals surface area contributed by atoms with Crippen LogP contribution < -0.4 is 5.63 Å². The molecule has 0 amide bonds. The van der Waals surface area contributed by atoms with Gasteiger partial charge in [0.15, 0.2) is 0 Å². The van der Waals surface area contributed by atoms with Gasteiger partial charge in [0.2, 0.25) is 0 Å². The zero-order chi connectivity index (χ0) is 18.3. The first kappa shape index (κ1) is 17.1. The molecule has 0 fully saturated rings. The summed E-state index contributed by atoms with van der Waals surface area (Å²) in [5, 5.41) is 3.40. The summed E-state index contributed by atoms with van der Waals surface area (Å²) >= 11 is 7.84. The molecule has 130 valence electrons. The van der Waals surface area contributed by atoms with E-state index in [-0.39, 0.29) is 5.63 Å². The number of para-hydroxylation sites is 1. The van der Waals surface area contributed by atoms with E-state index < -0.39 is 0 Å². The van der Waals surface area contributed by atoms with Crippen LogP contribution in [0.5, 0.6) is 0 Å². The van der Waals surface area contributed by atoms with Gasteiger partial charge in [0, 0.05) is 27.6 Å². The van der Waals surface area contributed by atoms with Crippen LogP contribution in [0.15, 0.2) is 56.7 Å². The van der Waals surface area contributed by atoms with Gasteiger partial charge in [-0.3, -0.25) is 0 Å². The van der Waals surface area contributed by atoms with Crippen LogP contribution in [-0.4, -0.2) is 9.97 Å². The molecule has 0 saturated heterocycles. The smallest absolute Gasteiger partial charge is 0.336 e. The zero-order valence-electron chi connectivity index (χ0n) is 14.2. The number of halogens is 1. The summed E-state index contributed by atoms with van der Waals surface area (Å²) < 4.78 is 5.33. The number of nitrogens with zero attached hydrogens (tertiary/aromatic N) is 2. The van der Waals surface area contributed by atoms with Crippen molar-refractivity contribution in [2.45, 2.75) is 24.6 Å². The van der Waals surface area contributed by atoms with Crippen molar-refractivity contribution in [3.63, 3.8) is 0 Å². The van der Waals surface area contributed by atoms with E-state index in [2.05, 4.69) is 9.97 Å². The van der Waals surface area contributed by atoms with Crippen molar-refractivity contribution in [1.29, 1.82) is 0 Å². The first-order chi connectivity index (χ1) is 12.5. The minimum Gasteiger partial charge on any atom is -0.423 e. The van der Waals surface area contributed by atoms with Crippen LogP contribution in [0, 0.1) is 13.8 Å². The molecule has 26 heavy (non-hydrogen) atoms. The highest BCUT2D eigenvalue weighted by Crippen LogP contribution is 2.31. The Morgan fingerprint density at radius 1 is 1.08 bits per heavy atom. The highest BCUT2D eigenvalue weighted by atomic mass is 35.5. The predicted molar refractivity (Wildman–Crippen MR) is 106 cm³/mol. The van der Waals surface area contributed by atoms with Crippen molar-refractivity contribution in [2.75, 3.05) is 0 Å². The van der Waals surface area contributed by atoms with Gasteiger partial charge >= 0.3 is 5.63 Å². The van der Waals surface area contributed by atoms with E-state index in [4.69, 9.17) is 16.0 Å². The lowest BCUT2D eigenvalue weighted by Gasteiger charge is -2.09. The van der Waals surface area contributed by atoms with Crippen molar-refractivity contribution in [2.24, 2.45) is 0 Å². The van der Waals surface area contributed by atoms with E-state index in [1.165, 1.54) is 6.07 Å². The van der Waals surface area contributed by atoms with Crippen LogP contribution in [0.3, 0.4) is 0 Å². The summed E-state index contributed by atoms with van der Waals surface area (Å²) in [6, 6.07) is 13.1. The lowest BCUT2D eigenvalue weighted by atomic mass is 10.1. The van der Waals surface area contributed by atoms with Gasteiger partial charge in [-0.25, -0.2) is 14.8 Å². The Balaban J connectivity index is 1.77. The maximum absolute atomic E-state index is 11.9. The van der Waals surface area contributed by atoms with Crippen molar-refractivity contribution in [3.8, 4) is 0 Å². The molecule has 4 nitrogen and oxygen atoms in total. The second-order valence-corrected chi connectivity index (χ2v) is 7.44. The number of hydrogen-bond acceptors (Lipinski definition) is 5. The monoisotopic (exact) mass is 382 g/mol. The van der Waals surface area contributed by atoms with Gasteiger partial charge in [0.05, 0.1) is 5.52 Å². The molecule has 2 aromatic heterocycles. The first-order valence-electron chi connectivity index (χ1n) is 8.10. The van der Waals surface area contributed by atoms with Gasteiger partial charge < -0.3 is 4.42 Å². The van der Waals surface area contributed by atoms with Crippen molar-refractivity contribution >= 4 is 45.2 Å². The SMILES string of the molecule is Cc1nc(SCc2cc(=O)oc3cc(C)c(Cl)cc23)c2ccccc2n1. The molecule has 2 aromatic carbocycles. The van der Waals surface area contributed by atoms with Gasteiger partial charge in [0.25, 0.3) is 0 Å². The molecule has 0 atom stereocenters. The Labute approximate surface area is 159 Å². The fourth-order valence-corrected chi connectivity index (χ4v) is 4.10. The molecule has 0 aliphatic carbocycles. The Morgan fingerprint density at radius 2 is 1.88 bits per heavy atom. The summed E-state index contributed by atoms with van der Waals surface area (Å²) in [7, 11) is 0. The molecule has 0 unspecified atom stereocenters. The number of fused-ring (bicyclic) bond motifs is 2. The van der Waals surface area contributed by atoms with Gasteiger partial charge in [-0.15, -0.1) is 11.8 Å². The Kier molecular flexibility index (Phi) is 4.42. The number of thioether (sulfide) groups is 1. The molecule has 0 saturated carbocycles. The lowest BCUT2D eigenvalue weighted by molar-refractivity contribution is 0.559. The van der Waals surface area contributed by atoms with Crippen LogP contribution in [0.25, 0.3) is 21.9 Å². The molecule has 0 bridgehead atoms. The normalized spacial score (nSPS) is 11.3. The molecular weight excluding hydrogens is 368 g/mol. The highest BCUT2D eigenvalue weighted by Gasteiger charge is 2.11. The van der Waals surface area contributed by atoms with Crippen LogP contribution in [-0.2, 0) is 5.75 Å². The highest BCUT2D eigenvalue weighted by molar-refractivity contribution is 7.98. The second kappa shape index (κ2) is 6.74. The summed E-state index contributed by atoms with van der Waals surface area (Å²) in [6.45, 7) is 3.77. The van der Waals surface area contributed by atoms with Crippen molar-refractivity contribution in [3.05, 3.63) is 74.9 Å². The maximum atomic E-state index is 11.9. The molecule has 0 aliphatic heterocycles. The van der Waals surface area contributed by atoms with E-state index >= 15 is 0 Å². The zero-order valence-corrected chi connectivity index (χ0v) is 15.8. The van der Waals surface area contributed by atoms with Gasteiger partial charge in [-0.05, 0) is 43.2 Å². The number of aryl methyl sites for hydroxylation is 2. The minimum atomic E-state index is -0.362. The summed E-state index contributed by atoms with van der Waals surface area (Å²) in [4.78, 5) is 21.0. The molecule has 0 radical (unpaired) electrons. The first-order valence-corrected chi connectivity index (χ1v) is 9.47. The molecule has 2 heterocycles. The van der Waals surface area contributed by atoms with Gasteiger partial charge in [-0.2, -0.15) is 0 Å². The number of hydrogen-bond donors (Lipinski definition) is 0. The quantitative estimate of drug-likeness (QED) is 0.273. The molecule has 0 aliphatic rings. The Morgan fingerprint density at radius 3 is 2.73 bits per heavy atom. The molecular formula is C20H15ClN2O2S. The standard InChI is InChI=1S/C20H15ClN2O2S/c1-11-7-18-15(9-16(11)21)13(8-19(24)25-18)10-26-20-14-5-3-4-6-17(14)22-12(2)23-20/h3-9H,10H2,1-2H3. The third-order valence-electron chi connectivity index (χ3n) is 4.15. The van der Waals surface area contributed by atoms with Crippen molar-refractivity contribution in [1.82, 2.24) is 9.97 Å². The summed E-state index contributed by atoms with van der Waals surface area (Å²) in [5.41, 5.74) is 2.86. The molecule has 6 heteroatoms. The number of rotatable bonds is 3. The molecule has 4 aromatic rings. The maximum Gasteiger partial charge on any atom is 0.336 e. The van der Waals surface area contributed by atoms with Gasteiger partial charge in [-0.1, -0.05) is 29.8 Å². The van der Waals surface area contributed by atoms with Crippen LogP contribution >= 0.6 is 23.4 Å². The molecule has 0 spiro atoms. The Bertz CT molecular complexity index is 1200. The second-order valence-electron chi connectivity index (χ2n) is 6.07. The van der Waals surface area contributed by atoms with Crippen molar-refractivity contribution < 1.29 is 4.42 Å². The van der Waals surface area contributed by atoms with Gasteiger partial charge in [0.1, 0.15) is 16.4 Å². The molecule has 4 rings (SSSR count). The van der Waals surface area contributed by atoms with Crippen LogP contribution in [0.1, 0.15) is 17.0 Å². The van der Waals surface area contributed by atoms with Crippen LogP contribution in [0.2, 0.25) is 5.02 Å². The topological polar surface area (TPSA) is 56.0 Å². The minimum absolute atomic E-state index is 0.362. The van der Waals surface area contributed by atoms with E-state index in [0.29, 0.717) is 16.4 Å². The van der Waals surface area contributed by atoms with E-state index in [1.54, 1.807) is 17.8 Å². The fourth-order valence-electron chi connectivity index (χ4n) is 2.88. The molecule has 0 N–H and O–H groups in total.